The van der Waals surface area contributed by atoms with Crippen molar-refractivity contribution in [1.29, 1.82) is 0 Å². The molecule has 0 aliphatic heterocycles. The summed E-state index contributed by atoms with van der Waals surface area (Å²) < 4.78 is 15.6. The third-order valence-electron chi connectivity index (χ3n) is 3.61. The summed E-state index contributed by atoms with van der Waals surface area (Å²) in [6.45, 7) is 2.29. The first-order chi connectivity index (χ1) is 12.6. The maximum absolute atomic E-state index is 12.1. The number of ether oxygens (including phenoxy) is 3. The number of hydrogen-bond acceptors (Lipinski definition) is 5. The smallest absolute Gasteiger partial charge is 0.328 e. The van der Waals surface area contributed by atoms with E-state index in [1.54, 1.807) is 24.3 Å². The monoisotopic (exact) mass is 357 g/mol. The van der Waals surface area contributed by atoms with Gasteiger partial charge in [-0.15, -0.1) is 0 Å². The molecule has 0 aliphatic rings. The lowest BCUT2D eigenvalue weighted by Gasteiger charge is -2.17. The van der Waals surface area contributed by atoms with E-state index >= 15 is 0 Å². The Morgan fingerprint density at radius 3 is 2.15 bits per heavy atom. The van der Waals surface area contributed by atoms with Crippen molar-refractivity contribution in [3.63, 3.8) is 0 Å². The molecule has 6 nitrogen and oxygen atoms in total. The first-order valence-corrected chi connectivity index (χ1v) is 8.39. The van der Waals surface area contributed by atoms with E-state index in [-0.39, 0.29) is 6.61 Å². The van der Waals surface area contributed by atoms with Crippen LogP contribution in [-0.4, -0.2) is 38.2 Å². The van der Waals surface area contributed by atoms with Gasteiger partial charge in [-0.25, -0.2) is 4.79 Å². The van der Waals surface area contributed by atoms with Crippen LogP contribution in [0.15, 0.2) is 54.6 Å². The van der Waals surface area contributed by atoms with Gasteiger partial charge in [-0.2, -0.15) is 0 Å². The quantitative estimate of drug-likeness (QED) is 0.698. The Balaban J connectivity index is 1.89. The molecule has 0 bridgehead atoms. The second kappa shape index (κ2) is 10.1. The Morgan fingerprint density at radius 1 is 0.962 bits per heavy atom. The van der Waals surface area contributed by atoms with Gasteiger partial charge in [0.15, 0.2) is 6.61 Å². The van der Waals surface area contributed by atoms with Crippen LogP contribution in [-0.2, 0) is 20.7 Å². The van der Waals surface area contributed by atoms with Crippen LogP contribution in [0.1, 0.15) is 12.5 Å². The maximum atomic E-state index is 12.1. The normalized spacial score (nSPS) is 11.3. The lowest BCUT2D eigenvalue weighted by atomic mass is 10.1. The number of carbonyl (C=O) groups is 2. The Labute approximate surface area is 153 Å². The second-order valence-corrected chi connectivity index (χ2v) is 5.53. The summed E-state index contributed by atoms with van der Waals surface area (Å²) >= 11 is 0. The number of carbonyl (C=O) groups excluding carboxylic acids is 2. The maximum Gasteiger partial charge on any atom is 0.328 e. The van der Waals surface area contributed by atoms with Crippen LogP contribution >= 0.6 is 0 Å². The largest absolute Gasteiger partial charge is 0.494 e. The molecule has 26 heavy (non-hydrogen) atoms. The molecule has 1 amide bonds. The van der Waals surface area contributed by atoms with Crippen molar-refractivity contribution < 1.29 is 23.8 Å². The van der Waals surface area contributed by atoms with Gasteiger partial charge in [0, 0.05) is 6.42 Å². The van der Waals surface area contributed by atoms with E-state index in [1.807, 2.05) is 37.3 Å². The lowest BCUT2D eigenvalue weighted by Crippen LogP contribution is -2.44. The topological polar surface area (TPSA) is 73.9 Å². The fourth-order valence-electron chi connectivity index (χ4n) is 2.37. The predicted octanol–water partition coefficient (Wildman–Crippen LogP) is 2.36. The standard InChI is InChI=1S/C20H23NO5/c1-3-25-16-9-11-17(12-10-16)26-14-19(22)21-18(20(23)24-2)13-15-7-5-4-6-8-15/h4-12,18H,3,13-14H2,1-2H3,(H,21,22). The third-order valence-corrected chi connectivity index (χ3v) is 3.61. The van der Waals surface area contributed by atoms with Gasteiger partial charge < -0.3 is 19.5 Å². The van der Waals surface area contributed by atoms with Gasteiger partial charge in [0.2, 0.25) is 0 Å². The molecule has 0 saturated heterocycles. The summed E-state index contributed by atoms with van der Waals surface area (Å²) in [5.41, 5.74) is 0.927. The number of benzene rings is 2. The minimum absolute atomic E-state index is 0.198. The number of esters is 1. The molecule has 0 aliphatic carbocycles. The molecule has 0 spiro atoms. The third kappa shape index (κ3) is 6.12. The highest BCUT2D eigenvalue weighted by atomic mass is 16.5. The molecule has 6 heteroatoms. The van der Waals surface area contributed by atoms with Gasteiger partial charge in [-0.05, 0) is 36.8 Å². The molecule has 0 heterocycles. The molecule has 2 aromatic carbocycles. The first-order valence-electron chi connectivity index (χ1n) is 8.39. The van der Waals surface area contributed by atoms with Crippen LogP contribution in [0.25, 0.3) is 0 Å². The molecule has 0 saturated carbocycles. The minimum atomic E-state index is -0.765. The molecule has 0 aromatic heterocycles. The van der Waals surface area contributed by atoms with E-state index in [4.69, 9.17) is 14.2 Å². The van der Waals surface area contributed by atoms with Gasteiger partial charge in [-0.3, -0.25) is 4.79 Å². The number of methoxy groups -OCH3 is 1. The van der Waals surface area contributed by atoms with Crippen molar-refractivity contribution in [1.82, 2.24) is 5.32 Å². The van der Waals surface area contributed by atoms with Crippen molar-refractivity contribution >= 4 is 11.9 Å². The average Bonchev–Trinajstić information content (AvgIpc) is 2.67. The second-order valence-electron chi connectivity index (χ2n) is 5.53. The summed E-state index contributed by atoms with van der Waals surface area (Å²) in [7, 11) is 1.29. The van der Waals surface area contributed by atoms with Crippen LogP contribution in [0.4, 0.5) is 0 Å². The summed E-state index contributed by atoms with van der Waals surface area (Å²) in [4.78, 5) is 24.1. The van der Waals surface area contributed by atoms with Crippen molar-refractivity contribution in [3.05, 3.63) is 60.2 Å². The van der Waals surface area contributed by atoms with E-state index in [0.29, 0.717) is 18.8 Å². The zero-order valence-corrected chi connectivity index (χ0v) is 14.9. The molecule has 0 radical (unpaired) electrons. The highest BCUT2D eigenvalue weighted by Gasteiger charge is 2.22. The summed E-state index contributed by atoms with van der Waals surface area (Å²) in [6, 6.07) is 15.6. The van der Waals surface area contributed by atoms with E-state index in [2.05, 4.69) is 5.32 Å². The molecule has 0 fully saturated rings. The van der Waals surface area contributed by atoms with Gasteiger partial charge in [0.1, 0.15) is 17.5 Å². The van der Waals surface area contributed by atoms with Crippen LogP contribution < -0.4 is 14.8 Å². The van der Waals surface area contributed by atoms with E-state index < -0.39 is 17.9 Å². The fourth-order valence-corrected chi connectivity index (χ4v) is 2.37. The summed E-state index contributed by atoms with van der Waals surface area (Å²) in [6.07, 6.45) is 0.350. The average molecular weight is 357 g/mol. The van der Waals surface area contributed by atoms with Crippen LogP contribution in [0.2, 0.25) is 0 Å². The predicted molar refractivity (Wildman–Crippen MR) is 97.2 cm³/mol. The molecule has 138 valence electrons. The molecule has 2 aromatic rings. The Kier molecular flexibility index (Phi) is 7.49. The Morgan fingerprint density at radius 2 is 1.58 bits per heavy atom. The zero-order valence-electron chi connectivity index (χ0n) is 14.9. The molecular formula is C20H23NO5. The fraction of sp³-hybridized carbons (Fsp3) is 0.300. The molecule has 1 N–H and O–H groups in total. The molecule has 1 atom stereocenters. The minimum Gasteiger partial charge on any atom is -0.494 e. The van der Waals surface area contributed by atoms with Crippen LogP contribution in [0, 0.1) is 0 Å². The highest BCUT2D eigenvalue weighted by Crippen LogP contribution is 2.17. The van der Waals surface area contributed by atoms with Crippen molar-refractivity contribution in [3.8, 4) is 11.5 Å². The lowest BCUT2D eigenvalue weighted by molar-refractivity contribution is -0.145. The van der Waals surface area contributed by atoms with Crippen molar-refractivity contribution in [2.45, 2.75) is 19.4 Å². The van der Waals surface area contributed by atoms with Gasteiger partial charge in [-0.1, -0.05) is 30.3 Å². The number of nitrogens with one attached hydrogen (secondary N) is 1. The Hall–Kier alpha value is -3.02. The van der Waals surface area contributed by atoms with Crippen molar-refractivity contribution in [2.75, 3.05) is 20.3 Å². The van der Waals surface area contributed by atoms with E-state index in [1.165, 1.54) is 7.11 Å². The number of amides is 1. The van der Waals surface area contributed by atoms with E-state index in [0.717, 1.165) is 11.3 Å². The van der Waals surface area contributed by atoms with Gasteiger partial charge in [0.25, 0.3) is 5.91 Å². The highest BCUT2D eigenvalue weighted by molar-refractivity contribution is 5.85. The zero-order chi connectivity index (χ0) is 18.8. The molecule has 2 rings (SSSR count). The Bertz CT molecular complexity index is 700. The van der Waals surface area contributed by atoms with Gasteiger partial charge in [0.05, 0.1) is 13.7 Å². The number of hydrogen-bond donors (Lipinski definition) is 1. The van der Waals surface area contributed by atoms with Gasteiger partial charge >= 0.3 is 5.97 Å². The SMILES string of the molecule is CCOc1ccc(OCC(=O)NC(Cc2ccccc2)C(=O)OC)cc1. The van der Waals surface area contributed by atoms with Crippen LogP contribution in [0.5, 0.6) is 11.5 Å². The van der Waals surface area contributed by atoms with E-state index in [9.17, 15) is 9.59 Å². The summed E-state index contributed by atoms with van der Waals surface area (Å²) in [5, 5.41) is 2.65. The first kappa shape index (κ1) is 19.3. The summed E-state index contributed by atoms with van der Waals surface area (Å²) in [5.74, 6) is 0.382. The van der Waals surface area contributed by atoms with Crippen LogP contribution in [0.3, 0.4) is 0 Å². The van der Waals surface area contributed by atoms with Crippen molar-refractivity contribution in [2.24, 2.45) is 0 Å². The molecule has 1 unspecified atom stereocenters. The molecular weight excluding hydrogens is 334 g/mol. The number of rotatable bonds is 9.